The molecule has 0 bridgehead atoms. The maximum absolute atomic E-state index is 13.7. The van der Waals surface area contributed by atoms with Gasteiger partial charge in [0.15, 0.2) is 28.2 Å². The summed E-state index contributed by atoms with van der Waals surface area (Å²) in [6.45, 7) is 6.31. The molecule has 0 aliphatic carbocycles. The number of benzene rings is 1. The third kappa shape index (κ3) is 9.59. The highest BCUT2D eigenvalue weighted by atomic mass is 32.2. The number of thiazole rings is 1. The Balaban J connectivity index is 1.09. The van der Waals surface area contributed by atoms with Crippen molar-refractivity contribution in [3.8, 4) is 11.5 Å². The molecule has 5 amide bonds. The van der Waals surface area contributed by atoms with Gasteiger partial charge in [0, 0.05) is 48.6 Å². The van der Waals surface area contributed by atoms with Crippen LogP contribution in [0, 0.1) is 5.41 Å². The number of nitrogens with one attached hydrogen (secondary N) is 4. The van der Waals surface area contributed by atoms with Crippen LogP contribution >= 0.6 is 34.9 Å². The van der Waals surface area contributed by atoms with Crippen molar-refractivity contribution in [2.24, 2.45) is 15.6 Å². The predicted octanol–water partition coefficient (Wildman–Crippen LogP) is 0.571. The van der Waals surface area contributed by atoms with Crippen molar-refractivity contribution < 1.29 is 62.9 Å². The zero-order valence-corrected chi connectivity index (χ0v) is 35.6. The molecule has 2 fully saturated rings. The number of carbonyl (C=O) groups excluding carboxylic acids is 6. The number of carboxylic acids is 1. The van der Waals surface area contributed by atoms with Crippen LogP contribution in [0.1, 0.15) is 50.7 Å². The number of aliphatic carboxylic acids is 1. The van der Waals surface area contributed by atoms with E-state index < -0.39 is 75.8 Å². The highest BCUT2D eigenvalue weighted by Gasteiger charge is 2.58. The van der Waals surface area contributed by atoms with Gasteiger partial charge in [0.05, 0.1) is 11.2 Å². The van der Waals surface area contributed by atoms with Crippen LogP contribution in [0.5, 0.6) is 11.5 Å². The van der Waals surface area contributed by atoms with Crippen LogP contribution in [0.2, 0.25) is 0 Å². The van der Waals surface area contributed by atoms with E-state index in [9.17, 15) is 48.6 Å². The number of nitrogens with zero attached hydrogens (tertiary/aromatic N) is 6. The first-order valence-electron chi connectivity index (χ1n) is 17.9. The van der Waals surface area contributed by atoms with E-state index in [1.165, 1.54) is 47.5 Å². The summed E-state index contributed by atoms with van der Waals surface area (Å²) in [5, 5.41) is 29.9. The Morgan fingerprint density at radius 3 is 2.45 bits per heavy atom. The van der Waals surface area contributed by atoms with Gasteiger partial charge in [0.25, 0.3) is 17.7 Å². The topological polar surface area (TPSA) is 326 Å². The Bertz CT molecular complexity index is 2400. The lowest BCUT2D eigenvalue weighted by molar-refractivity contribution is -0.157. The number of esters is 2. The third-order valence-corrected chi connectivity index (χ3v) is 12.6. The number of rotatable bonds is 13. The number of amides is 5. The molecule has 0 spiro atoms. The molecule has 6 rings (SSSR count). The summed E-state index contributed by atoms with van der Waals surface area (Å²) in [7, 11) is 0. The lowest BCUT2D eigenvalue weighted by Gasteiger charge is -2.53. The number of β-lactam (4-membered cyclic amide) rings is 1. The highest BCUT2D eigenvalue weighted by molar-refractivity contribution is 8.03. The molecule has 2 saturated heterocycles. The van der Waals surface area contributed by atoms with Crippen molar-refractivity contribution >= 4 is 99.0 Å². The lowest BCUT2D eigenvalue weighted by Crippen LogP contribution is -2.74. The number of nitrogen functional groups attached to an aromatic ring is 1. The first-order chi connectivity index (χ1) is 29.2. The number of carboxylic acid groups (broad SMARTS) is 2. The molecule has 4 aliphatic rings. The van der Waals surface area contributed by atoms with Crippen molar-refractivity contribution in [1.82, 2.24) is 41.6 Å². The van der Waals surface area contributed by atoms with Gasteiger partial charge in [0.1, 0.15) is 22.5 Å². The molecule has 328 valence electrons. The molecule has 1 aromatic heterocycles. The molecule has 3 atom stereocenters. The van der Waals surface area contributed by atoms with Crippen molar-refractivity contribution in [2.75, 3.05) is 23.8 Å². The minimum atomic E-state index is -1.86. The molecule has 62 heavy (non-hydrogen) atoms. The monoisotopic (exact) mass is 915 g/mol. The summed E-state index contributed by atoms with van der Waals surface area (Å²) in [5.74, 6) is -5.93. The quantitative estimate of drug-likeness (QED) is 0.0475. The molecule has 27 heteroatoms. The molecule has 2 aromatic rings. The fourth-order valence-electron chi connectivity index (χ4n) is 5.85. The van der Waals surface area contributed by atoms with Gasteiger partial charge >= 0.3 is 24.0 Å². The first-order valence-corrected chi connectivity index (χ1v) is 20.8. The Labute approximate surface area is 362 Å². The summed E-state index contributed by atoms with van der Waals surface area (Å²) < 4.78 is 10.0. The van der Waals surface area contributed by atoms with E-state index in [-0.39, 0.29) is 45.9 Å². The van der Waals surface area contributed by atoms with Crippen LogP contribution in [-0.2, 0) is 33.6 Å². The van der Waals surface area contributed by atoms with Crippen LogP contribution < -0.4 is 36.9 Å². The van der Waals surface area contributed by atoms with E-state index in [1.807, 2.05) is 0 Å². The fraction of sp³-hybridized carbons (Fsp3) is 0.343. The van der Waals surface area contributed by atoms with Crippen molar-refractivity contribution in [3.63, 3.8) is 0 Å². The minimum absolute atomic E-state index is 0.00526. The number of hydrogen-bond donors (Lipinski definition) is 7. The SMILES string of the molecule is CC(=O)Oc1ccc(C(=O)NNC(=O)C(C)(C)ON=C(C(=O)NC2C(=O)N3CC(CSC4=CC(C)=NC5=CN(C(=O)O)NN54)(C(=O)O)CS[C@H]23)c2csc(N)n2)cc1OC(C)=O. The molecular formula is C35H37N11O13S3. The molecule has 5 heterocycles. The summed E-state index contributed by atoms with van der Waals surface area (Å²) >= 11 is 3.27. The first kappa shape index (κ1) is 44.8. The van der Waals surface area contributed by atoms with E-state index >= 15 is 0 Å². The average Bonchev–Trinajstić information content (AvgIpc) is 3.84. The molecule has 8 N–H and O–H groups in total. The Morgan fingerprint density at radius 2 is 1.81 bits per heavy atom. The average molecular weight is 916 g/mol. The smallest absolute Gasteiger partial charge is 0.427 e. The van der Waals surface area contributed by atoms with E-state index in [2.05, 4.69) is 36.8 Å². The van der Waals surface area contributed by atoms with Crippen molar-refractivity contribution in [3.05, 3.63) is 58.0 Å². The van der Waals surface area contributed by atoms with Gasteiger partial charge in [-0.1, -0.05) is 5.16 Å². The maximum atomic E-state index is 13.7. The van der Waals surface area contributed by atoms with Gasteiger partial charge in [-0.3, -0.25) is 44.4 Å². The number of oxime groups is 1. The molecule has 0 radical (unpaired) electrons. The van der Waals surface area contributed by atoms with Crippen molar-refractivity contribution in [1.29, 1.82) is 0 Å². The number of thioether (sulfide) groups is 2. The zero-order chi connectivity index (χ0) is 45.3. The second-order valence-electron chi connectivity index (χ2n) is 14.2. The summed E-state index contributed by atoms with van der Waals surface area (Å²) in [4.78, 5) is 116. The van der Waals surface area contributed by atoms with Gasteiger partial charge in [-0.2, -0.15) is 5.01 Å². The van der Waals surface area contributed by atoms with Gasteiger partial charge in [-0.15, -0.1) is 40.4 Å². The number of fused-ring (bicyclic) bond motifs is 2. The summed E-state index contributed by atoms with van der Waals surface area (Å²) in [6, 6.07) is 2.47. The van der Waals surface area contributed by atoms with Crippen LogP contribution in [0.3, 0.4) is 0 Å². The minimum Gasteiger partial charge on any atom is -0.481 e. The highest BCUT2D eigenvalue weighted by Crippen LogP contribution is 2.45. The largest absolute Gasteiger partial charge is 0.481 e. The molecule has 4 aliphatic heterocycles. The fourth-order valence-corrected chi connectivity index (χ4v) is 9.33. The number of hydrazine groups is 3. The number of aromatic nitrogens is 1. The van der Waals surface area contributed by atoms with Crippen LogP contribution in [0.15, 0.2) is 56.9 Å². The van der Waals surface area contributed by atoms with Gasteiger partial charge in [0.2, 0.25) is 11.5 Å². The maximum Gasteiger partial charge on any atom is 0.427 e. The molecule has 0 saturated carbocycles. The molecular weight excluding hydrogens is 879 g/mol. The summed E-state index contributed by atoms with van der Waals surface area (Å²) in [6.07, 6.45) is 1.66. The van der Waals surface area contributed by atoms with Crippen LogP contribution in [0.4, 0.5) is 9.93 Å². The second kappa shape index (κ2) is 17.7. The molecule has 2 unspecified atom stereocenters. The van der Waals surface area contributed by atoms with Crippen LogP contribution in [0.25, 0.3) is 0 Å². The second-order valence-corrected chi connectivity index (χ2v) is 17.2. The lowest BCUT2D eigenvalue weighted by atomic mass is 9.89. The van der Waals surface area contributed by atoms with Crippen LogP contribution in [-0.4, -0.2) is 124 Å². The number of aliphatic imine (C=N–C) groups is 1. The number of anilines is 1. The van der Waals surface area contributed by atoms with E-state index in [0.29, 0.717) is 16.6 Å². The Kier molecular flexibility index (Phi) is 12.8. The number of allylic oxidation sites excluding steroid dienone is 1. The number of hydrogen-bond acceptors (Lipinski definition) is 20. The summed E-state index contributed by atoms with van der Waals surface area (Å²) in [5.41, 5.74) is 9.49. The Hall–Kier alpha value is -6.71. The predicted molar refractivity (Wildman–Crippen MR) is 219 cm³/mol. The molecule has 1 aromatic carbocycles. The Morgan fingerprint density at radius 1 is 1.10 bits per heavy atom. The van der Waals surface area contributed by atoms with Gasteiger partial charge in [-0.05, 0) is 45.0 Å². The molecule has 24 nitrogen and oxygen atoms in total. The zero-order valence-electron chi connectivity index (χ0n) is 33.1. The van der Waals surface area contributed by atoms with Gasteiger partial charge in [-0.25, -0.2) is 19.8 Å². The van der Waals surface area contributed by atoms with Gasteiger partial charge < -0.3 is 40.5 Å². The number of nitrogens with two attached hydrogens (primary N) is 1. The normalized spacial score (nSPS) is 20.6. The van der Waals surface area contributed by atoms with E-state index in [4.69, 9.17) is 20.0 Å². The van der Waals surface area contributed by atoms with E-state index in [1.54, 1.807) is 13.0 Å². The number of ether oxygens (including phenoxy) is 2. The van der Waals surface area contributed by atoms with E-state index in [0.717, 1.165) is 59.8 Å². The van der Waals surface area contributed by atoms with Crippen molar-refractivity contribution in [2.45, 2.75) is 51.6 Å². The number of carbonyl (C=O) groups is 8. The standard InChI is InChI=1S/C35H37N11O13S3/c1-15-8-23(46-22(37-15)10-45(43-46)33(55)56)61-13-35(31(53)54)12-44-28(51)25(29(44)62-14-35)39-27(50)24(19-11-60-32(36)38-19)42-59-34(4,5)30(52)41-40-26(49)18-6-7-20(57-16(2)47)21(9-18)58-17(3)48/h6-11,25,29,43H,12-14H2,1-5H3,(H2,36,38)(H,39,50)(H,40,49)(H,41,52)(H,53,54)(H,55,56)/t25?,29-,35?/m1/s1. The third-order valence-electron chi connectivity index (χ3n) is 9.01.